The van der Waals surface area contributed by atoms with E-state index in [2.05, 4.69) is 21.3 Å². The first-order valence-corrected chi connectivity index (χ1v) is 10.4. The van der Waals surface area contributed by atoms with Crippen molar-refractivity contribution in [2.45, 2.75) is 19.0 Å². The van der Waals surface area contributed by atoms with Crippen LogP contribution >= 0.6 is 0 Å². The molecule has 2 amide bonds. The van der Waals surface area contributed by atoms with E-state index in [0.29, 0.717) is 18.5 Å². The maximum atomic E-state index is 13.2. The van der Waals surface area contributed by atoms with Crippen LogP contribution in [0.25, 0.3) is 10.9 Å². The molecule has 1 atom stereocenters. The Morgan fingerprint density at radius 3 is 2.56 bits per heavy atom. The molecule has 3 aromatic carbocycles. The van der Waals surface area contributed by atoms with E-state index in [-0.39, 0.29) is 5.91 Å². The molecule has 0 spiro atoms. The molecule has 2 heterocycles. The molecule has 4 N–H and O–H groups in total. The fourth-order valence-electron chi connectivity index (χ4n) is 4.29. The molecule has 0 saturated heterocycles. The maximum absolute atomic E-state index is 13.2. The second kappa shape index (κ2) is 8.20. The van der Waals surface area contributed by atoms with Gasteiger partial charge >= 0.3 is 0 Å². The number of anilines is 2. The average Bonchev–Trinajstić information content (AvgIpc) is 3.24. The van der Waals surface area contributed by atoms with Crippen molar-refractivity contribution < 1.29 is 14.8 Å². The first-order valence-electron chi connectivity index (χ1n) is 10.4. The lowest BCUT2D eigenvalue weighted by Gasteiger charge is -2.38. The fourth-order valence-corrected chi connectivity index (χ4v) is 4.29. The van der Waals surface area contributed by atoms with Crippen molar-refractivity contribution in [3.63, 3.8) is 0 Å². The van der Waals surface area contributed by atoms with Crippen LogP contribution in [0.5, 0.6) is 0 Å². The summed E-state index contributed by atoms with van der Waals surface area (Å²) < 4.78 is 0. The monoisotopic (exact) mass is 426 g/mol. The van der Waals surface area contributed by atoms with Crippen molar-refractivity contribution in [1.82, 2.24) is 10.5 Å². The van der Waals surface area contributed by atoms with Crippen LogP contribution in [-0.4, -0.2) is 28.0 Å². The van der Waals surface area contributed by atoms with Crippen LogP contribution in [0.3, 0.4) is 0 Å². The number of carbonyl (C=O) groups excluding carboxylic acids is 2. The fraction of sp³-hybridized carbons (Fsp3) is 0.120. The first-order chi connectivity index (χ1) is 15.6. The highest BCUT2D eigenvalue weighted by Crippen LogP contribution is 2.35. The third-order valence-electron chi connectivity index (χ3n) is 5.91. The third-order valence-corrected chi connectivity index (χ3v) is 5.91. The van der Waals surface area contributed by atoms with Crippen LogP contribution in [0.4, 0.5) is 11.4 Å². The van der Waals surface area contributed by atoms with E-state index in [1.807, 2.05) is 60.8 Å². The molecule has 1 aliphatic rings. The number of H-pyrrole nitrogens is 1. The number of aromatic amines is 1. The lowest BCUT2D eigenvalue weighted by molar-refractivity contribution is -0.117. The summed E-state index contributed by atoms with van der Waals surface area (Å²) in [5.74, 6) is -0.610. The van der Waals surface area contributed by atoms with Gasteiger partial charge in [0.05, 0.1) is 11.4 Å². The molecule has 0 bridgehead atoms. The molecule has 160 valence electrons. The quantitative estimate of drug-likeness (QED) is 0.288. The minimum Gasteiger partial charge on any atom is -0.361 e. The van der Waals surface area contributed by atoms with Crippen molar-refractivity contribution >= 4 is 34.1 Å². The average molecular weight is 426 g/mol. The van der Waals surface area contributed by atoms with E-state index in [1.165, 1.54) is 0 Å². The molecule has 7 heteroatoms. The van der Waals surface area contributed by atoms with Crippen LogP contribution in [0, 0.1) is 0 Å². The molecule has 0 saturated carbocycles. The Morgan fingerprint density at radius 2 is 1.75 bits per heavy atom. The van der Waals surface area contributed by atoms with Gasteiger partial charge in [0.2, 0.25) is 5.91 Å². The SMILES string of the molecule is O=C(NO)c1ccc(CN2c3ccccc3NC(=O)[C@H]2Cc2c[nH]c3ccccc23)cc1. The van der Waals surface area contributed by atoms with E-state index < -0.39 is 11.9 Å². The summed E-state index contributed by atoms with van der Waals surface area (Å²) in [6.45, 7) is 0.498. The van der Waals surface area contributed by atoms with Gasteiger partial charge in [0.15, 0.2) is 0 Å². The van der Waals surface area contributed by atoms with Crippen molar-refractivity contribution in [2.24, 2.45) is 0 Å². The Kier molecular flexibility index (Phi) is 5.09. The number of fused-ring (bicyclic) bond motifs is 2. The zero-order chi connectivity index (χ0) is 22.1. The molecule has 0 unspecified atom stereocenters. The number of nitrogens with one attached hydrogen (secondary N) is 3. The van der Waals surface area contributed by atoms with E-state index in [1.54, 1.807) is 17.6 Å². The Hall–Kier alpha value is -4.10. The highest BCUT2D eigenvalue weighted by molar-refractivity contribution is 6.04. The molecular weight excluding hydrogens is 404 g/mol. The summed E-state index contributed by atoms with van der Waals surface area (Å²) in [5.41, 5.74) is 6.82. The highest BCUT2D eigenvalue weighted by atomic mass is 16.5. The van der Waals surface area contributed by atoms with Crippen LogP contribution < -0.4 is 15.7 Å². The third kappa shape index (κ3) is 3.59. The number of para-hydroxylation sites is 3. The van der Waals surface area contributed by atoms with E-state index >= 15 is 0 Å². The number of carbonyl (C=O) groups is 2. The Labute approximate surface area is 184 Å². The largest absolute Gasteiger partial charge is 0.361 e. The predicted octanol–water partition coefficient (Wildman–Crippen LogP) is 3.86. The number of rotatable bonds is 5. The number of nitrogens with zero attached hydrogens (tertiary/aromatic N) is 1. The summed E-state index contributed by atoms with van der Waals surface area (Å²) in [7, 11) is 0. The molecule has 1 aliphatic heterocycles. The Balaban J connectivity index is 1.50. The molecule has 0 fully saturated rings. The lowest BCUT2D eigenvalue weighted by atomic mass is 9.98. The molecule has 0 aliphatic carbocycles. The molecular formula is C25H22N4O3. The number of hydrogen-bond acceptors (Lipinski definition) is 4. The van der Waals surface area contributed by atoms with Crippen molar-refractivity contribution in [2.75, 3.05) is 10.2 Å². The summed E-state index contributed by atoms with van der Waals surface area (Å²) in [5, 5.41) is 13.0. The zero-order valence-corrected chi connectivity index (χ0v) is 17.2. The summed E-state index contributed by atoms with van der Waals surface area (Å²) in [6, 6.07) is 22.4. The minimum absolute atomic E-state index is 0.0507. The van der Waals surface area contributed by atoms with Gasteiger partial charge in [-0.2, -0.15) is 0 Å². The van der Waals surface area contributed by atoms with Gasteiger partial charge in [-0.05, 0) is 41.5 Å². The van der Waals surface area contributed by atoms with Gasteiger partial charge < -0.3 is 15.2 Å². The predicted molar refractivity (Wildman–Crippen MR) is 123 cm³/mol. The van der Waals surface area contributed by atoms with E-state index in [0.717, 1.165) is 33.4 Å². The van der Waals surface area contributed by atoms with E-state index in [4.69, 9.17) is 5.21 Å². The number of hydrogen-bond donors (Lipinski definition) is 4. The van der Waals surface area contributed by atoms with E-state index in [9.17, 15) is 9.59 Å². The second-order valence-corrected chi connectivity index (χ2v) is 7.85. The zero-order valence-electron chi connectivity index (χ0n) is 17.2. The molecule has 4 aromatic rings. The van der Waals surface area contributed by atoms with Crippen LogP contribution in [0.1, 0.15) is 21.5 Å². The Morgan fingerprint density at radius 1 is 1.00 bits per heavy atom. The first kappa shape index (κ1) is 19.8. The van der Waals surface area contributed by atoms with Gasteiger partial charge in [0.25, 0.3) is 5.91 Å². The number of aromatic nitrogens is 1. The highest BCUT2D eigenvalue weighted by Gasteiger charge is 2.33. The minimum atomic E-state index is -0.559. The van der Waals surface area contributed by atoms with Gasteiger partial charge in [0.1, 0.15) is 6.04 Å². The second-order valence-electron chi connectivity index (χ2n) is 7.85. The van der Waals surface area contributed by atoms with Gasteiger partial charge in [-0.25, -0.2) is 5.48 Å². The maximum Gasteiger partial charge on any atom is 0.274 e. The molecule has 32 heavy (non-hydrogen) atoms. The van der Waals surface area contributed by atoms with Gasteiger partial charge in [-0.1, -0.05) is 42.5 Å². The van der Waals surface area contributed by atoms with Crippen molar-refractivity contribution in [3.05, 3.63) is 95.7 Å². The van der Waals surface area contributed by atoms with Crippen LogP contribution in [0.15, 0.2) is 79.0 Å². The summed E-state index contributed by atoms with van der Waals surface area (Å²) in [6.07, 6.45) is 2.52. The standard InChI is InChI=1S/C25H22N4O3/c30-24(28-32)17-11-9-16(10-12-17)15-29-22-8-4-3-7-21(22)27-25(31)23(29)13-18-14-26-20-6-2-1-5-19(18)20/h1-12,14,23,26,32H,13,15H2,(H,27,31)(H,28,30)/t23-/m1/s1. The van der Waals surface area contributed by atoms with Crippen LogP contribution in [-0.2, 0) is 17.8 Å². The lowest BCUT2D eigenvalue weighted by Crippen LogP contribution is -2.49. The topological polar surface area (TPSA) is 97.5 Å². The number of benzene rings is 3. The van der Waals surface area contributed by atoms with Crippen molar-refractivity contribution in [3.8, 4) is 0 Å². The van der Waals surface area contributed by atoms with Gasteiger partial charge in [0, 0.05) is 35.6 Å². The van der Waals surface area contributed by atoms with Crippen LogP contribution in [0.2, 0.25) is 0 Å². The van der Waals surface area contributed by atoms with Gasteiger partial charge in [-0.3, -0.25) is 14.8 Å². The van der Waals surface area contributed by atoms with Crippen molar-refractivity contribution in [1.29, 1.82) is 0 Å². The summed E-state index contributed by atoms with van der Waals surface area (Å²) >= 11 is 0. The molecule has 5 rings (SSSR count). The smallest absolute Gasteiger partial charge is 0.274 e. The number of amides is 2. The Bertz CT molecular complexity index is 1300. The molecule has 7 nitrogen and oxygen atoms in total. The normalized spacial score (nSPS) is 15.3. The molecule has 0 radical (unpaired) electrons. The van der Waals surface area contributed by atoms with Gasteiger partial charge in [-0.15, -0.1) is 0 Å². The molecule has 1 aromatic heterocycles. The number of hydroxylamine groups is 1. The summed E-state index contributed by atoms with van der Waals surface area (Å²) in [4.78, 5) is 30.2.